The number of hydrogen-bond acceptors (Lipinski definition) is 3. The summed E-state index contributed by atoms with van der Waals surface area (Å²) in [5, 5.41) is 10.6. The maximum atomic E-state index is 11.1. The fourth-order valence-electron chi connectivity index (χ4n) is 2.68. The first-order valence-electron chi connectivity index (χ1n) is 6.92. The summed E-state index contributed by atoms with van der Waals surface area (Å²) in [7, 11) is 0. The van der Waals surface area contributed by atoms with Crippen molar-refractivity contribution in [1.82, 2.24) is 4.90 Å². The molecule has 1 saturated heterocycles. The van der Waals surface area contributed by atoms with Crippen LogP contribution in [-0.4, -0.2) is 35.0 Å². The van der Waals surface area contributed by atoms with Crippen molar-refractivity contribution in [2.45, 2.75) is 38.8 Å². The Hall–Kier alpha value is -1.19. The molecular formula is C16H23NO2. The first-order chi connectivity index (χ1) is 8.97. The van der Waals surface area contributed by atoms with E-state index < -0.39 is 11.0 Å². The highest BCUT2D eigenvalue weighted by Gasteiger charge is 2.45. The van der Waals surface area contributed by atoms with Gasteiger partial charge in [0.2, 0.25) is 0 Å². The molecule has 1 aliphatic rings. The summed E-state index contributed by atoms with van der Waals surface area (Å²) in [6.07, 6.45) is 2.21. The predicted molar refractivity (Wildman–Crippen MR) is 75.7 cm³/mol. The Balaban J connectivity index is 1.94. The van der Waals surface area contributed by atoms with E-state index >= 15 is 0 Å². The predicted octanol–water partition coefficient (Wildman–Crippen LogP) is 2.24. The van der Waals surface area contributed by atoms with E-state index in [0.717, 1.165) is 25.9 Å². The van der Waals surface area contributed by atoms with Crippen LogP contribution >= 0.6 is 0 Å². The zero-order valence-corrected chi connectivity index (χ0v) is 11.8. The third-order valence-corrected chi connectivity index (χ3v) is 4.43. The van der Waals surface area contributed by atoms with Gasteiger partial charge in [0.05, 0.1) is 5.60 Å². The van der Waals surface area contributed by atoms with E-state index in [0.29, 0.717) is 12.8 Å². The molecule has 2 rings (SSSR count). The van der Waals surface area contributed by atoms with Gasteiger partial charge < -0.3 is 9.90 Å². The van der Waals surface area contributed by atoms with Crippen molar-refractivity contribution < 1.29 is 9.90 Å². The molecule has 1 aromatic rings. The minimum absolute atomic E-state index is 0.658. The molecule has 0 atom stereocenters. The van der Waals surface area contributed by atoms with Gasteiger partial charge in [-0.25, -0.2) is 0 Å². The van der Waals surface area contributed by atoms with E-state index in [2.05, 4.69) is 17.0 Å². The molecule has 3 heteroatoms. The van der Waals surface area contributed by atoms with E-state index in [9.17, 15) is 9.90 Å². The number of piperidine rings is 1. The van der Waals surface area contributed by atoms with Gasteiger partial charge in [-0.1, -0.05) is 44.2 Å². The third-order valence-electron chi connectivity index (χ3n) is 4.43. The summed E-state index contributed by atoms with van der Waals surface area (Å²) < 4.78 is 0. The largest absolute Gasteiger partial charge is 0.389 e. The second-order valence-electron chi connectivity index (χ2n) is 6.13. The molecule has 0 amide bonds. The first-order valence-corrected chi connectivity index (χ1v) is 6.92. The van der Waals surface area contributed by atoms with Crippen LogP contribution in [0, 0.1) is 5.41 Å². The van der Waals surface area contributed by atoms with Gasteiger partial charge in [0.1, 0.15) is 6.29 Å². The second-order valence-corrected chi connectivity index (χ2v) is 6.13. The Morgan fingerprint density at radius 2 is 1.84 bits per heavy atom. The number of hydrogen-bond donors (Lipinski definition) is 1. The summed E-state index contributed by atoms with van der Waals surface area (Å²) in [6, 6.07) is 10.4. The third kappa shape index (κ3) is 3.04. The van der Waals surface area contributed by atoms with E-state index in [-0.39, 0.29) is 0 Å². The molecule has 0 unspecified atom stereocenters. The average Bonchev–Trinajstić information content (AvgIpc) is 2.42. The van der Waals surface area contributed by atoms with Gasteiger partial charge >= 0.3 is 0 Å². The summed E-state index contributed by atoms with van der Waals surface area (Å²) >= 11 is 0. The zero-order chi connectivity index (χ0) is 13.9. The zero-order valence-electron chi connectivity index (χ0n) is 11.8. The number of carbonyl (C=O) groups is 1. The highest BCUT2D eigenvalue weighted by atomic mass is 16.3. The topological polar surface area (TPSA) is 40.5 Å². The Morgan fingerprint density at radius 3 is 2.37 bits per heavy atom. The normalized spacial score (nSPS) is 20.2. The van der Waals surface area contributed by atoms with Gasteiger partial charge in [0.15, 0.2) is 0 Å². The fourth-order valence-corrected chi connectivity index (χ4v) is 2.68. The summed E-state index contributed by atoms with van der Waals surface area (Å²) in [5.74, 6) is 0. The Kier molecular flexibility index (Phi) is 4.07. The Morgan fingerprint density at radius 1 is 1.26 bits per heavy atom. The van der Waals surface area contributed by atoms with Crippen molar-refractivity contribution in [2.24, 2.45) is 5.41 Å². The molecule has 19 heavy (non-hydrogen) atoms. The van der Waals surface area contributed by atoms with E-state index in [4.69, 9.17) is 0 Å². The quantitative estimate of drug-likeness (QED) is 0.845. The van der Waals surface area contributed by atoms with E-state index in [1.807, 2.05) is 32.0 Å². The maximum absolute atomic E-state index is 11.1. The summed E-state index contributed by atoms with van der Waals surface area (Å²) in [5.41, 5.74) is -0.226. The van der Waals surface area contributed by atoms with Crippen molar-refractivity contribution in [2.75, 3.05) is 13.1 Å². The number of aliphatic hydroxyl groups is 1. The fraction of sp³-hybridized carbons (Fsp3) is 0.562. The van der Waals surface area contributed by atoms with Gasteiger partial charge in [-0.3, -0.25) is 4.90 Å². The van der Waals surface area contributed by atoms with Crippen LogP contribution in [0.1, 0.15) is 32.3 Å². The lowest BCUT2D eigenvalue weighted by atomic mass is 9.70. The van der Waals surface area contributed by atoms with Crippen LogP contribution in [-0.2, 0) is 11.3 Å². The molecule has 1 fully saturated rings. The molecular weight excluding hydrogens is 238 g/mol. The summed E-state index contributed by atoms with van der Waals surface area (Å²) in [4.78, 5) is 13.5. The number of carbonyl (C=O) groups excluding carboxylic acids is 1. The lowest BCUT2D eigenvalue weighted by Gasteiger charge is -2.45. The number of aldehydes is 1. The Labute approximate surface area is 115 Å². The molecule has 1 aromatic carbocycles. The lowest BCUT2D eigenvalue weighted by Crippen LogP contribution is -2.53. The monoisotopic (exact) mass is 261 g/mol. The Bertz CT molecular complexity index is 420. The number of likely N-dealkylation sites (tertiary alicyclic amines) is 1. The van der Waals surface area contributed by atoms with Crippen LogP contribution < -0.4 is 0 Å². The van der Waals surface area contributed by atoms with Gasteiger partial charge in [-0.05, 0) is 18.4 Å². The van der Waals surface area contributed by atoms with Crippen molar-refractivity contribution in [3.8, 4) is 0 Å². The van der Waals surface area contributed by atoms with Gasteiger partial charge in [0, 0.05) is 25.0 Å². The van der Waals surface area contributed by atoms with Crippen LogP contribution in [0.2, 0.25) is 0 Å². The van der Waals surface area contributed by atoms with Gasteiger partial charge in [-0.2, -0.15) is 0 Å². The minimum Gasteiger partial charge on any atom is -0.389 e. The molecule has 3 nitrogen and oxygen atoms in total. The average molecular weight is 261 g/mol. The van der Waals surface area contributed by atoms with Crippen LogP contribution in [0.4, 0.5) is 0 Å². The summed E-state index contributed by atoms with van der Waals surface area (Å²) in [6.45, 7) is 6.24. The smallest absolute Gasteiger partial charge is 0.128 e. The van der Waals surface area contributed by atoms with Gasteiger partial charge in [0.25, 0.3) is 0 Å². The van der Waals surface area contributed by atoms with Crippen molar-refractivity contribution in [1.29, 1.82) is 0 Å². The molecule has 0 aliphatic carbocycles. The number of benzene rings is 1. The van der Waals surface area contributed by atoms with Crippen LogP contribution in [0.15, 0.2) is 30.3 Å². The number of rotatable bonds is 4. The number of nitrogens with zero attached hydrogens (tertiary/aromatic N) is 1. The molecule has 1 heterocycles. The van der Waals surface area contributed by atoms with E-state index in [1.54, 1.807) is 0 Å². The van der Waals surface area contributed by atoms with Crippen molar-refractivity contribution in [3.05, 3.63) is 35.9 Å². The van der Waals surface area contributed by atoms with Crippen LogP contribution in [0.25, 0.3) is 0 Å². The molecule has 0 spiro atoms. The molecule has 1 N–H and O–H groups in total. The highest BCUT2D eigenvalue weighted by molar-refractivity contribution is 5.60. The first kappa shape index (κ1) is 14.2. The van der Waals surface area contributed by atoms with Crippen molar-refractivity contribution >= 4 is 6.29 Å². The van der Waals surface area contributed by atoms with Crippen LogP contribution in [0.3, 0.4) is 0 Å². The van der Waals surface area contributed by atoms with E-state index in [1.165, 1.54) is 5.56 Å². The molecule has 1 aliphatic heterocycles. The highest BCUT2D eigenvalue weighted by Crippen LogP contribution is 2.37. The molecule has 0 bridgehead atoms. The van der Waals surface area contributed by atoms with Crippen molar-refractivity contribution in [3.63, 3.8) is 0 Å². The lowest BCUT2D eigenvalue weighted by molar-refractivity contribution is -0.139. The molecule has 104 valence electrons. The van der Waals surface area contributed by atoms with Gasteiger partial charge in [-0.15, -0.1) is 0 Å². The minimum atomic E-state index is -0.859. The maximum Gasteiger partial charge on any atom is 0.128 e. The SMILES string of the molecule is CC(C)(C=O)C1(O)CCN(Cc2ccccc2)CC1. The second kappa shape index (κ2) is 5.43. The molecule has 0 saturated carbocycles. The van der Waals surface area contributed by atoms with Crippen LogP contribution in [0.5, 0.6) is 0 Å². The molecule has 0 aromatic heterocycles. The standard InChI is InChI=1S/C16H23NO2/c1-15(2,13-18)16(19)8-10-17(11-9-16)12-14-6-4-3-5-7-14/h3-7,13,19H,8-12H2,1-2H3. The molecule has 0 radical (unpaired) electrons.